The summed E-state index contributed by atoms with van der Waals surface area (Å²) in [4.78, 5) is 34.5. The Morgan fingerprint density at radius 3 is 2.44 bits per heavy atom. The lowest BCUT2D eigenvalue weighted by molar-refractivity contribution is -0.137. The van der Waals surface area contributed by atoms with Crippen LogP contribution >= 0.6 is 0 Å². The van der Waals surface area contributed by atoms with Gasteiger partial charge in [-0.3, -0.25) is 14.4 Å². The summed E-state index contributed by atoms with van der Waals surface area (Å²) in [6.45, 7) is 1.67. The number of aliphatic carboxylic acids is 1. The van der Waals surface area contributed by atoms with Crippen molar-refractivity contribution in [2.75, 3.05) is 11.9 Å². The van der Waals surface area contributed by atoms with Crippen LogP contribution in [0, 0.1) is 12.8 Å². The molecule has 2 aromatic carbocycles. The third kappa shape index (κ3) is 4.94. The van der Waals surface area contributed by atoms with Crippen LogP contribution in [0.1, 0.15) is 29.0 Å². The Morgan fingerprint density at radius 1 is 1.07 bits per heavy atom. The Balaban J connectivity index is 1.51. The molecule has 0 spiro atoms. The molecule has 2 aromatic rings. The van der Waals surface area contributed by atoms with Crippen molar-refractivity contribution >= 4 is 23.5 Å². The van der Waals surface area contributed by atoms with Gasteiger partial charge < -0.3 is 15.7 Å². The summed E-state index contributed by atoms with van der Waals surface area (Å²) in [5.74, 6) is -1.15. The van der Waals surface area contributed by atoms with Gasteiger partial charge in [0.05, 0.1) is 6.42 Å². The Morgan fingerprint density at radius 2 is 1.78 bits per heavy atom. The summed E-state index contributed by atoms with van der Waals surface area (Å²) in [6.07, 6.45) is 0.956. The van der Waals surface area contributed by atoms with Crippen LogP contribution in [0.2, 0.25) is 0 Å². The van der Waals surface area contributed by atoms with Crippen molar-refractivity contribution in [2.24, 2.45) is 5.92 Å². The average Bonchev–Trinajstić information content (AvgIpc) is 3.43. The van der Waals surface area contributed by atoms with E-state index in [9.17, 15) is 14.4 Å². The molecule has 1 aliphatic carbocycles. The maximum absolute atomic E-state index is 12.5. The van der Waals surface area contributed by atoms with Gasteiger partial charge in [0.15, 0.2) is 0 Å². The second-order valence-corrected chi connectivity index (χ2v) is 6.84. The molecule has 0 saturated heterocycles. The molecule has 0 aromatic heterocycles. The van der Waals surface area contributed by atoms with E-state index < -0.39 is 12.5 Å². The predicted molar refractivity (Wildman–Crippen MR) is 101 cm³/mol. The topological polar surface area (TPSA) is 95.5 Å². The molecule has 27 heavy (non-hydrogen) atoms. The van der Waals surface area contributed by atoms with Crippen LogP contribution in [0.5, 0.6) is 0 Å². The molecule has 3 N–H and O–H groups in total. The number of nitrogens with one attached hydrogen (secondary N) is 2. The van der Waals surface area contributed by atoms with Crippen molar-refractivity contribution in [3.05, 3.63) is 65.2 Å². The lowest BCUT2D eigenvalue weighted by Gasteiger charge is -2.08. The van der Waals surface area contributed by atoms with E-state index in [0.29, 0.717) is 5.69 Å². The van der Waals surface area contributed by atoms with E-state index in [-0.39, 0.29) is 30.1 Å². The molecule has 1 aliphatic rings. The summed E-state index contributed by atoms with van der Waals surface area (Å²) in [5, 5.41) is 13.8. The van der Waals surface area contributed by atoms with Crippen molar-refractivity contribution in [3.8, 4) is 0 Å². The zero-order valence-electron chi connectivity index (χ0n) is 15.1. The number of anilines is 1. The minimum atomic E-state index is -1.08. The maximum atomic E-state index is 12.5. The maximum Gasteiger partial charge on any atom is 0.322 e. The molecular formula is C21H22N2O4. The van der Waals surface area contributed by atoms with E-state index in [4.69, 9.17) is 5.11 Å². The number of rotatable bonds is 7. The highest BCUT2D eigenvalue weighted by atomic mass is 16.4. The highest BCUT2D eigenvalue weighted by Crippen LogP contribution is 2.48. The summed E-state index contributed by atoms with van der Waals surface area (Å²) >= 11 is 0. The zero-order chi connectivity index (χ0) is 19.4. The molecule has 1 fully saturated rings. The fourth-order valence-corrected chi connectivity index (χ4v) is 3.19. The van der Waals surface area contributed by atoms with Crippen molar-refractivity contribution in [1.29, 1.82) is 0 Å². The fraction of sp³-hybridized carbons (Fsp3) is 0.286. The number of benzene rings is 2. The molecule has 1 saturated carbocycles. The van der Waals surface area contributed by atoms with E-state index >= 15 is 0 Å². The molecule has 0 aliphatic heterocycles. The molecule has 3 rings (SSSR count). The molecule has 6 nitrogen and oxygen atoms in total. The molecule has 2 amide bonds. The SMILES string of the molecule is Cc1ccccc1C1CC1C(=O)Nc1ccc(CC(=O)NCC(=O)O)cc1. The quantitative estimate of drug-likeness (QED) is 0.701. The van der Waals surface area contributed by atoms with Crippen LogP contribution in [0.3, 0.4) is 0 Å². The van der Waals surface area contributed by atoms with Gasteiger partial charge in [-0.2, -0.15) is 0 Å². The molecular weight excluding hydrogens is 344 g/mol. The standard InChI is InChI=1S/C21H22N2O4/c1-13-4-2-3-5-16(13)17-11-18(17)21(27)23-15-8-6-14(7-9-15)10-19(24)22-12-20(25)26/h2-9,17-18H,10-12H2,1H3,(H,22,24)(H,23,27)(H,25,26). The number of carbonyl (C=O) groups excluding carboxylic acids is 2. The van der Waals surface area contributed by atoms with Crippen LogP contribution in [-0.4, -0.2) is 29.4 Å². The van der Waals surface area contributed by atoms with Crippen LogP contribution in [0.15, 0.2) is 48.5 Å². The van der Waals surface area contributed by atoms with Gasteiger partial charge in [0.2, 0.25) is 11.8 Å². The number of aryl methyl sites for hydroxylation is 1. The Labute approximate surface area is 157 Å². The smallest absolute Gasteiger partial charge is 0.322 e. The van der Waals surface area contributed by atoms with Crippen molar-refractivity contribution in [3.63, 3.8) is 0 Å². The first-order chi connectivity index (χ1) is 12.9. The normalized spacial score (nSPS) is 17.8. The number of carboxylic acids is 1. The Kier molecular flexibility index (Phi) is 5.54. The molecule has 0 radical (unpaired) electrons. The predicted octanol–water partition coefficient (Wildman–Crippen LogP) is 2.48. The highest BCUT2D eigenvalue weighted by Gasteiger charge is 2.44. The second-order valence-electron chi connectivity index (χ2n) is 6.84. The van der Waals surface area contributed by atoms with Gasteiger partial charge in [-0.15, -0.1) is 0 Å². The largest absolute Gasteiger partial charge is 0.480 e. The third-order valence-corrected chi connectivity index (χ3v) is 4.74. The molecule has 0 heterocycles. The lowest BCUT2D eigenvalue weighted by Crippen LogP contribution is -2.30. The van der Waals surface area contributed by atoms with Gasteiger partial charge in [0, 0.05) is 11.6 Å². The molecule has 6 heteroatoms. The summed E-state index contributed by atoms with van der Waals surface area (Å²) in [7, 11) is 0. The summed E-state index contributed by atoms with van der Waals surface area (Å²) in [6, 6.07) is 15.2. The van der Waals surface area contributed by atoms with E-state index in [2.05, 4.69) is 29.7 Å². The van der Waals surface area contributed by atoms with Crippen LogP contribution in [0.4, 0.5) is 5.69 Å². The summed E-state index contributed by atoms with van der Waals surface area (Å²) in [5.41, 5.74) is 3.88. The van der Waals surface area contributed by atoms with Gasteiger partial charge in [-0.1, -0.05) is 36.4 Å². The first-order valence-electron chi connectivity index (χ1n) is 8.88. The molecule has 2 atom stereocenters. The van der Waals surface area contributed by atoms with Gasteiger partial charge in [0.1, 0.15) is 6.54 Å². The number of hydrogen-bond donors (Lipinski definition) is 3. The zero-order valence-corrected chi connectivity index (χ0v) is 15.1. The minimum absolute atomic E-state index is 0.00688. The van der Waals surface area contributed by atoms with Crippen LogP contribution in [0.25, 0.3) is 0 Å². The van der Waals surface area contributed by atoms with Gasteiger partial charge >= 0.3 is 5.97 Å². The summed E-state index contributed by atoms with van der Waals surface area (Å²) < 4.78 is 0. The Hall–Kier alpha value is -3.15. The lowest BCUT2D eigenvalue weighted by atomic mass is 10.0. The number of carboxylic acid groups (broad SMARTS) is 1. The van der Waals surface area contributed by atoms with Crippen molar-refractivity contribution in [1.82, 2.24) is 5.32 Å². The van der Waals surface area contributed by atoms with Crippen molar-refractivity contribution in [2.45, 2.75) is 25.7 Å². The van der Waals surface area contributed by atoms with Crippen LogP contribution < -0.4 is 10.6 Å². The number of amides is 2. The molecule has 0 bridgehead atoms. The number of carbonyl (C=O) groups is 3. The molecule has 2 unspecified atom stereocenters. The fourth-order valence-electron chi connectivity index (χ4n) is 3.19. The first-order valence-corrected chi connectivity index (χ1v) is 8.88. The number of hydrogen-bond acceptors (Lipinski definition) is 3. The van der Waals surface area contributed by atoms with Gasteiger partial charge in [-0.25, -0.2) is 0 Å². The minimum Gasteiger partial charge on any atom is -0.480 e. The highest BCUT2D eigenvalue weighted by molar-refractivity contribution is 5.95. The monoisotopic (exact) mass is 366 g/mol. The molecule has 140 valence electrons. The van der Waals surface area contributed by atoms with Gasteiger partial charge in [-0.05, 0) is 48.1 Å². The van der Waals surface area contributed by atoms with Crippen molar-refractivity contribution < 1.29 is 19.5 Å². The van der Waals surface area contributed by atoms with E-state index in [0.717, 1.165) is 12.0 Å². The van der Waals surface area contributed by atoms with E-state index in [1.165, 1.54) is 11.1 Å². The second kappa shape index (κ2) is 8.03. The average molecular weight is 366 g/mol. The van der Waals surface area contributed by atoms with Gasteiger partial charge in [0.25, 0.3) is 0 Å². The first kappa shape index (κ1) is 18.6. The van der Waals surface area contributed by atoms with E-state index in [1.807, 2.05) is 12.1 Å². The van der Waals surface area contributed by atoms with E-state index in [1.54, 1.807) is 24.3 Å². The third-order valence-electron chi connectivity index (χ3n) is 4.74. The van der Waals surface area contributed by atoms with Crippen LogP contribution in [-0.2, 0) is 20.8 Å². The Bertz CT molecular complexity index is 861.